The Morgan fingerprint density at radius 2 is 2.00 bits per heavy atom. The van der Waals surface area contributed by atoms with E-state index in [0.717, 1.165) is 26.1 Å². The number of hydrogen-bond donors (Lipinski definition) is 1. The molecule has 2 amide bonds. The second-order valence-corrected chi connectivity index (χ2v) is 5.66. The molecule has 2 heterocycles. The van der Waals surface area contributed by atoms with Crippen LogP contribution < -0.4 is 10.2 Å². The number of hydrogen-bond acceptors (Lipinski definition) is 5. The number of para-hydroxylation sites is 1. The lowest BCUT2D eigenvalue weighted by Crippen LogP contribution is -2.37. The molecule has 1 aromatic heterocycles. The highest BCUT2D eigenvalue weighted by Crippen LogP contribution is 2.16. The highest BCUT2D eigenvalue weighted by Gasteiger charge is 2.19. The molecule has 110 valence electrons. The molecule has 0 atom stereocenters. The third-order valence-electron chi connectivity index (χ3n) is 3.50. The smallest absolute Gasteiger partial charge is 0.322 e. The third-order valence-corrected chi connectivity index (χ3v) is 4.08. The van der Waals surface area contributed by atoms with Gasteiger partial charge in [-0.1, -0.05) is 22.7 Å². The molecule has 1 aromatic carbocycles. The molecule has 1 saturated heterocycles. The van der Waals surface area contributed by atoms with Crippen molar-refractivity contribution in [2.75, 3.05) is 36.4 Å². The van der Waals surface area contributed by atoms with E-state index in [9.17, 15) is 4.79 Å². The first-order valence-corrected chi connectivity index (χ1v) is 7.73. The maximum atomic E-state index is 12.2. The number of anilines is 2. The second-order valence-electron chi connectivity index (χ2n) is 4.88. The molecule has 21 heavy (non-hydrogen) atoms. The van der Waals surface area contributed by atoms with E-state index in [2.05, 4.69) is 31.9 Å². The molecule has 0 saturated carbocycles. The standard InChI is InChI=1S/C14H17N5OS/c20-14(16-13-11-15-17-21-13)19-8-4-7-18(9-10-19)12-5-2-1-3-6-12/h1-3,5-6,11H,4,7-10H2,(H,16,20). The zero-order valence-corrected chi connectivity index (χ0v) is 12.4. The number of amides is 2. The summed E-state index contributed by atoms with van der Waals surface area (Å²) in [5.74, 6) is 0. The van der Waals surface area contributed by atoms with E-state index < -0.39 is 0 Å². The third kappa shape index (κ3) is 3.49. The van der Waals surface area contributed by atoms with Crippen molar-refractivity contribution in [2.24, 2.45) is 0 Å². The van der Waals surface area contributed by atoms with Crippen LogP contribution in [-0.4, -0.2) is 46.7 Å². The molecule has 0 unspecified atom stereocenters. The van der Waals surface area contributed by atoms with Gasteiger partial charge in [-0.15, -0.1) is 5.10 Å². The molecule has 0 aliphatic carbocycles. The first-order valence-electron chi connectivity index (χ1n) is 6.96. The van der Waals surface area contributed by atoms with Crippen molar-refractivity contribution in [3.63, 3.8) is 0 Å². The van der Waals surface area contributed by atoms with Crippen molar-refractivity contribution in [3.05, 3.63) is 36.5 Å². The van der Waals surface area contributed by atoms with E-state index in [-0.39, 0.29) is 6.03 Å². The normalized spacial score (nSPS) is 15.6. The molecule has 0 bridgehead atoms. The molecule has 1 aliphatic heterocycles. The van der Waals surface area contributed by atoms with Gasteiger partial charge in [-0.05, 0) is 18.6 Å². The van der Waals surface area contributed by atoms with Crippen LogP contribution in [-0.2, 0) is 0 Å². The highest BCUT2D eigenvalue weighted by molar-refractivity contribution is 7.10. The van der Waals surface area contributed by atoms with Crippen LogP contribution in [0.25, 0.3) is 0 Å². The average molecular weight is 303 g/mol. The summed E-state index contributed by atoms with van der Waals surface area (Å²) in [5.41, 5.74) is 1.21. The van der Waals surface area contributed by atoms with Crippen molar-refractivity contribution in [1.29, 1.82) is 0 Å². The fourth-order valence-corrected chi connectivity index (χ4v) is 2.83. The topological polar surface area (TPSA) is 61.4 Å². The van der Waals surface area contributed by atoms with Crippen LogP contribution in [0.15, 0.2) is 36.5 Å². The Hall–Kier alpha value is -2.15. The van der Waals surface area contributed by atoms with E-state index in [1.807, 2.05) is 23.1 Å². The summed E-state index contributed by atoms with van der Waals surface area (Å²) in [6, 6.07) is 10.3. The number of rotatable bonds is 2. The van der Waals surface area contributed by atoms with Gasteiger partial charge in [0.15, 0.2) is 0 Å². The van der Waals surface area contributed by atoms with Crippen molar-refractivity contribution in [2.45, 2.75) is 6.42 Å². The summed E-state index contributed by atoms with van der Waals surface area (Å²) in [6.07, 6.45) is 2.53. The van der Waals surface area contributed by atoms with Crippen molar-refractivity contribution in [1.82, 2.24) is 14.5 Å². The Labute approximate surface area is 127 Å². The van der Waals surface area contributed by atoms with Gasteiger partial charge in [0.2, 0.25) is 0 Å². The van der Waals surface area contributed by atoms with E-state index in [4.69, 9.17) is 0 Å². The van der Waals surface area contributed by atoms with Crippen molar-refractivity contribution in [3.8, 4) is 0 Å². The molecule has 3 rings (SSSR count). The Bertz CT molecular complexity index is 574. The number of carbonyl (C=O) groups excluding carboxylic acids is 1. The summed E-state index contributed by atoms with van der Waals surface area (Å²) >= 11 is 1.19. The SMILES string of the molecule is O=C(Nc1cnns1)N1CCCN(c2ccccc2)CC1. The number of aromatic nitrogens is 2. The fourth-order valence-electron chi connectivity index (χ4n) is 2.42. The van der Waals surface area contributed by atoms with Gasteiger partial charge in [0.05, 0.1) is 6.20 Å². The van der Waals surface area contributed by atoms with Gasteiger partial charge in [-0.25, -0.2) is 4.79 Å². The molecule has 1 N–H and O–H groups in total. The predicted octanol–water partition coefficient (Wildman–Crippen LogP) is 2.28. The minimum atomic E-state index is -0.0732. The Morgan fingerprint density at radius 3 is 2.76 bits per heavy atom. The average Bonchev–Trinajstić information content (AvgIpc) is 2.89. The maximum Gasteiger partial charge on any atom is 0.322 e. The lowest BCUT2D eigenvalue weighted by molar-refractivity contribution is 0.215. The first-order chi connectivity index (χ1) is 10.3. The lowest BCUT2D eigenvalue weighted by Gasteiger charge is -2.23. The van der Waals surface area contributed by atoms with Crippen LogP contribution in [0.2, 0.25) is 0 Å². The fraction of sp³-hybridized carbons (Fsp3) is 0.357. The molecular weight excluding hydrogens is 286 g/mol. The monoisotopic (exact) mass is 303 g/mol. The highest BCUT2D eigenvalue weighted by atomic mass is 32.1. The van der Waals surface area contributed by atoms with Crippen LogP contribution in [0.3, 0.4) is 0 Å². The summed E-state index contributed by atoms with van der Waals surface area (Å²) < 4.78 is 3.74. The molecular formula is C14H17N5OS. The molecule has 1 aliphatic rings. The Kier molecular flexibility index (Phi) is 4.30. The van der Waals surface area contributed by atoms with Gasteiger partial charge < -0.3 is 9.80 Å². The van der Waals surface area contributed by atoms with Crippen molar-refractivity contribution < 1.29 is 4.79 Å². The second kappa shape index (κ2) is 6.53. The van der Waals surface area contributed by atoms with Crippen LogP contribution in [0.4, 0.5) is 15.5 Å². The zero-order chi connectivity index (χ0) is 14.5. The van der Waals surface area contributed by atoms with Crippen LogP contribution in [0, 0.1) is 0 Å². The van der Waals surface area contributed by atoms with Gasteiger partial charge in [-0.2, -0.15) is 0 Å². The molecule has 7 heteroatoms. The summed E-state index contributed by atoms with van der Waals surface area (Å²) in [7, 11) is 0. The molecule has 0 spiro atoms. The Balaban J connectivity index is 1.59. The number of urea groups is 1. The van der Waals surface area contributed by atoms with Gasteiger partial charge in [0.1, 0.15) is 5.00 Å². The molecule has 1 fully saturated rings. The van der Waals surface area contributed by atoms with E-state index in [1.54, 1.807) is 6.20 Å². The van der Waals surface area contributed by atoms with Crippen LogP contribution >= 0.6 is 11.5 Å². The minimum Gasteiger partial charge on any atom is -0.370 e. The van der Waals surface area contributed by atoms with E-state index >= 15 is 0 Å². The number of carbonyl (C=O) groups is 1. The van der Waals surface area contributed by atoms with Gasteiger partial charge in [0.25, 0.3) is 0 Å². The minimum absolute atomic E-state index is 0.0732. The zero-order valence-electron chi connectivity index (χ0n) is 11.6. The summed E-state index contributed by atoms with van der Waals surface area (Å²) in [6.45, 7) is 3.29. The number of benzene rings is 1. The number of nitrogens with one attached hydrogen (secondary N) is 1. The summed E-state index contributed by atoms with van der Waals surface area (Å²) in [4.78, 5) is 16.4. The van der Waals surface area contributed by atoms with Gasteiger partial charge in [-0.3, -0.25) is 5.32 Å². The van der Waals surface area contributed by atoms with E-state index in [0.29, 0.717) is 11.5 Å². The largest absolute Gasteiger partial charge is 0.370 e. The molecule has 2 aromatic rings. The van der Waals surface area contributed by atoms with E-state index in [1.165, 1.54) is 17.2 Å². The maximum absolute atomic E-state index is 12.2. The quantitative estimate of drug-likeness (QED) is 0.924. The van der Waals surface area contributed by atoms with Crippen LogP contribution in [0.1, 0.15) is 6.42 Å². The predicted molar refractivity (Wildman–Crippen MR) is 83.8 cm³/mol. The van der Waals surface area contributed by atoms with Crippen molar-refractivity contribution >= 4 is 28.3 Å². The lowest BCUT2D eigenvalue weighted by atomic mass is 10.3. The molecule has 6 nitrogen and oxygen atoms in total. The van der Waals surface area contributed by atoms with Gasteiger partial charge in [0, 0.05) is 43.4 Å². The number of nitrogens with zero attached hydrogens (tertiary/aromatic N) is 4. The summed E-state index contributed by atoms with van der Waals surface area (Å²) in [5, 5.41) is 7.24. The molecule has 0 radical (unpaired) electrons. The van der Waals surface area contributed by atoms with Crippen LogP contribution in [0.5, 0.6) is 0 Å². The first kappa shape index (κ1) is 13.8. The Morgan fingerprint density at radius 1 is 1.14 bits per heavy atom. The van der Waals surface area contributed by atoms with Gasteiger partial charge >= 0.3 is 6.03 Å².